The summed E-state index contributed by atoms with van der Waals surface area (Å²) >= 11 is 4.96. The Morgan fingerprint density at radius 2 is 2.24 bits per heavy atom. The van der Waals surface area contributed by atoms with Crippen molar-refractivity contribution < 1.29 is 9.90 Å². The van der Waals surface area contributed by atoms with Crippen LogP contribution in [-0.2, 0) is 6.54 Å². The largest absolute Gasteiger partial charge is 0.396 e. The van der Waals surface area contributed by atoms with Gasteiger partial charge >= 0.3 is 6.03 Å². The number of rotatable bonds is 5. The number of aliphatic hydroxyl groups is 1. The lowest BCUT2D eigenvalue weighted by atomic mass is 10.1. The monoisotopic (exact) mass is 320 g/mol. The fraction of sp³-hybridized carbons (Fsp3) is 0.545. The Hall–Kier alpha value is -0.590. The molecule has 0 aliphatic rings. The number of thiophene rings is 1. The van der Waals surface area contributed by atoms with Gasteiger partial charge in [0.1, 0.15) is 0 Å². The van der Waals surface area contributed by atoms with Crippen LogP contribution in [0.5, 0.6) is 0 Å². The van der Waals surface area contributed by atoms with E-state index in [0.29, 0.717) is 6.54 Å². The summed E-state index contributed by atoms with van der Waals surface area (Å²) < 4.78 is 1.05. The smallest absolute Gasteiger partial charge is 0.315 e. The second-order valence-electron chi connectivity index (χ2n) is 3.98. The number of urea groups is 1. The van der Waals surface area contributed by atoms with Crippen LogP contribution >= 0.6 is 27.3 Å². The van der Waals surface area contributed by atoms with Crippen LogP contribution in [0.3, 0.4) is 0 Å². The van der Waals surface area contributed by atoms with E-state index in [-0.39, 0.29) is 24.6 Å². The molecule has 0 saturated heterocycles. The third-order valence-electron chi connectivity index (χ3n) is 2.55. The predicted molar refractivity (Wildman–Crippen MR) is 73.1 cm³/mol. The van der Waals surface area contributed by atoms with Crippen molar-refractivity contribution in [3.8, 4) is 0 Å². The minimum atomic E-state index is -0.206. The number of halogens is 1. The van der Waals surface area contributed by atoms with Crippen molar-refractivity contribution in [1.82, 2.24) is 10.6 Å². The van der Waals surface area contributed by atoms with Crippen molar-refractivity contribution in [2.45, 2.75) is 26.4 Å². The lowest BCUT2D eigenvalue weighted by Crippen LogP contribution is -2.43. The zero-order valence-corrected chi connectivity index (χ0v) is 12.3. The first-order chi connectivity index (χ1) is 8.02. The first-order valence-corrected chi connectivity index (χ1v) is 7.03. The molecule has 0 radical (unpaired) electrons. The van der Waals surface area contributed by atoms with Crippen LogP contribution in [0.2, 0.25) is 0 Å². The lowest BCUT2D eigenvalue weighted by Gasteiger charge is -2.19. The molecular formula is C11H17BrN2O2S. The molecule has 0 saturated carbocycles. The molecule has 1 rings (SSSR count). The van der Waals surface area contributed by atoms with Gasteiger partial charge in [-0.15, -0.1) is 11.3 Å². The maximum atomic E-state index is 11.5. The highest BCUT2D eigenvalue weighted by atomic mass is 79.9. The minimum absolute atomic E-state index is 0.0462. The molecule has 0 bridgehead atoms. The molecule has 0 aliphatic carbocycles. The van der Waals surface area contributed by atoms with Gasteiger partial charge < -0.3 is 15.7 Å². The molecule has 6 heteroatoms. The molecule has 2 unspecified atom stereocenters. The Morgan fingerprint density at radius 3 is 2.76 bits per heavy atom. The van der Waals surface area contributed by atoms with E-state index in [2.05, 4.69) is 26.6 Å². The van der Waals surface area contributed by atoms with Crippen LogP contribution in [0.15, 0.2) is 15.9 Å². The average molecular weight is 321 g/mol. The fourth-order valence-electron chi connectivity index (χ4n) is 1.17. The lowest BCUT2D eigenvalue weighted by molar-refractivity contribution is 0.200. The Labute approximate surface area is 114 Å². The Bertz CT molecular complexity index is 370. The van der Waals surface area contributed by atoms with Crippen molar-refractivity contribution in [2.75, 3.05) is 6.61 Å². The highest BCUT2D eigenvalue weighted by Crippen LogP contribution is 2.21. The van der Waals surface area contributed by atoms with Crippen molar-refractivity contribution in [3.05, 3.63) is 20.8 Å². The summed E-state index contributed by atoms with van der Waals surface area (Å²) in [6.45, 7) is 4.35. The van der Waals surface area contributed by atoms with Gasteiger partial charge in [0.2, 0.25) is 0 Å². The maximum absolute atomic E-state index is 11.5. The SMILES string of the molecule is CC(CO)C(C)NC(=O)NCc1ccc(Br)s1. The van der Waals surface area contributed by atoms with E-state index in [4.69, 9.17) is 5.11 Å². The van der Waals surface area contributed by atoms with Crippen LogP contribution in [0.1, 0.15) is 18.7 Å². The Morgan fingerprint density at radius 1 is 1.53 bits per heavy atom. The number of aliphatic hydroxyl groups excluding tert-OH is 1. The predicted octanol–water partition coefficient (Wildman–Crippen LogP) is 2.33. The first-order valence-electron chi connectivity index (χ1n) is 5.42. The quantitative estimate of drug-likeness (QED) is 0.779. The van der Waals surface area contributed by atoms with E-state index in [1.165, 1.54) is 0 Å². The Kier molecular flexibility index (Phi) is 5.94. The van der Waals surface area contributed by atoms with Gasteiger partial charge in [-0.05, 0) is 40.9 Å². The molecule has 0 aliphatic heterocycles. The van der Waals surface area contributed by atoms with Gasteiger partial charge in [0.05, 0.1) is 10.3 Å². The minimum Gasteiger partial charge on any atom is -0.396 e. The standard InChI is InChI=1S/C11H17BrN2O2S/c1-7(6-15)8(2)14-11(16)13-5-9-3-4-10(12)17-9/h3-4,7-8,15H,5-6H2,1-2H3,(H2,13,14,16). The fourth-order valence-corrected chi connectivity index (χ4v) is 2.60. The van der Waals surface area contributed by atoms with E-state index < -0.39 is 0 Å². The molecule has 2 atom stereocenters. The molecule has 17 heavy (non-hydrogen) atoms. The molecule has 1 heterocycles. The van der Waals surface area contributed by atoms with Crippen LogP contribution in [0.4, 0.5) is 4.79 Å². The molecule has 0 fully saturated rings. The average Bonchev–Trinajstić information content (AvgIpc) is 2.71. The summed E-state index contributed by atoms with van der Waals surface area (Å²) in [6.07, 6.45) is 0. The second kappa shape index (κ2) is 6.98. The molecule has 3 N–H and O–H groups in total. The van der Waals surface area contributed by atoms with E-state index >= 15 is 0 Å². The van der Waals surface area contributed by atoms with Crippen molar-refractivity contribution in [1.29, 1.82) is 0 Å². The molecule has 1 aromatic heterocycles. The molecule has 4 nitrogen and oxygen atoms in total. The Balaban J connectivity index is 2.30. The topological polar surface area (TPSA) is 61.4 Å². The first kappa shape index (κ1) is 14.5. The van der Waals surface area contributed by atoms with Crippen molar-refractivity contribution >= 4 is 33.3 Å². The zero-order chi connectivity index (χ0) is 12.8. The molecule has 0 aromatic carbocycles. The van der Waals surface area contributed by atoms with E-state index in [9.17, 15) is 4.79 Å². The normalized spacial score (nSPS) is 14.1. The van der Waals surface area contributed by atoms with Crippen LogP contribution in [0.25, 0.3) is 0 Å². The van der Waals surface area contributed by atoms with E-state index in [1.807, 2.05) is 26.0 Å². The third kappa shape index (κ3) is 5.06. The van der Waals surface area contributed by atoms with Gasteiger partial charge in [-0.3, -0.25) is 0 Å². The molecular weight excluding hydrogens is 304 g/mol. The van der Waals surface area contributed by atoms with Crippen LogP contribution in [-0.4, -0.2) is 23.8 Å². The zero-order valence-electron chi connectivity index (χ0n) is 9.87. The van der Waals surface area contributed by atoms with Gasteiger partial charge in [-0.25, -0.2) is 4.79 Å². The molecule has 1 aromatic rings. The third-order valence-corrected chi connectivity index (χ3v) is 4.18. The highest BCUT2D eigenvalue weighted by molar-refractivity contribution is 9.11. The van der Waals surface area contributed by atoms with Gasteiger partial charge in [-0.1, -0.05) is 6.92 Å². The van der Waals surface area contributed by atoms with Gasteiger partial charge in [0.15, 0.2) is 0 Å². The van der Waals surface area contributed by atoms with Gasteiger partial charge in [0, 0.05) is 17.5 Å². The summed E-state index contributed by atoms with van der Waals surface area (Å²) in [6, 6.07) is 3.67. The second-order valence-corrected chi connectivity index (χ2v) is 6.53. The molecule has 96 valence electrons. The molecule has 2 amide bonds. The number of carbonyl (C=O) groups is 1. The van der Waals surface area contributed by atoms with Gasteiger partial charge in [-0.2, -0.15) is 0 Å². The maximum Gasteiger partial charge on any atom is 0.315 e. The highest BCUT2D eigenvalue weighted by Gasteiger charge is 2.13. The van der Waals surface area contributed by atoms with Crippen molar-refractivity contribution in [2.24, 2.45) is 5.92 Å². The number of amides is 2. The number of carbonyl (C=O) groups excluding carboxylic acids is 1. The van der Waals surface area contributed by atoms with Gasteiger partial charge in [0.25, 0.3) is 0 Å². The van der Waals surface area contributed by atoms with Crippen molar-refractivity contribution in [3.63, 3.8) is 0 Å². The summed E-state index contributed by atoms with van der Waals surface area (Å²) in [7, 11) is 0. The summed E-state index contributed by atoms with van der Waals surface area (Å²) in [5.41, 5.74) is 0. The summed E-state index contributed by atoms with van der Waals surface area (Å²) in [5.74, 6) is 0.0524. The van der Waals surface area contributed by atoms with Crippen LogP contribution < -0.4 is 10.6 Å². The molecule has 0 spiro atoms. The number of hydrogen-bond acceptors (Lipinski definition) is 3. The van der Waals surface area contributed by atoms with E-state index in [0.717, 1.165) is 8.66 Å². The van der Waals surface area contributed by atoms with Crippen LogP contribution in [0, 0.1) is 5.92 Å². The number of nitrogens with one attached hydrogen (secondary N) is 2. The summed E-state index contributed by atoms with van der Waals surface area (Å²) in [4.78, 5) is 12.6. The van der Waals surface area contributed by atoms with E-state index in [1.54, 1.807) is 11.3 Å². The summed E-state index contributed by atoms with van der Waals surface area (Å²) in [5, 5.41) is 14.5. The number of hydrogen-bond donors (Lipinski definition) is 3.